The fraction of sp³-hybridized carbons (Fsp3) is 0.500. The molecule has 2 saturated heterocycles. The van der Waals surface area contributed by atoms with E-state index in [1.807, 2.05) is 6.92 Å². The predicted molar refractivity (Wildman–Crippen MR) is 91.2 cm³/mol. The first-order valence-electron chi connectivity index (χ1n) is 7.83. The minimum atomic E-state index is -0.749. The Labute approximate surface area is 145 Å². The summed E-state index contributed by atoms with van der Waals surface area (Å²) < 4.78 is 0. The van der Waals surface area contributed by atoms with Gasteiger partial charge in [-0.15, -0.1) is 0 Å². The average molecular weight is 356 g/mol. The highest BCUT2D eigenvalue weighted by molar-refractivity contribution is 6.42. The Kier molecular flexibility index (Phi) is 4.54. The van der Waals surface area contributed by atoms with Crippen molar-refractivity contribution in [2.24, 2.45) is 0 Å². The van der Waals surface area contributed by atoms with Gasteiger partial charge in [-0.25, -0.2) is 9.69 Å². The largest absolute Gasteiger partial charge is 0.332 e. The molecule has 0 radical (unpaired) electrons. The van der Waals surface area contributed by atoms with Gasteiger partial charge < -0.3 is 10.2 Å². The molecule has 1 aromatic rings. The van der Waals surface area contributed by atoms with Gasteiger partial charge in [0.1, 0.15) is 5.54 Å². The number of hydrogen-bond donors (Lipinski definition) is 1. The number of nitrogens with zero attached hydrogens (tertiary/aromatic N) is 2. The molecule has 124 valence electrons. The molecule has 1 N–H and O–H groups in total. The molecule has 1 atom stereocenters. The maximum Gasteiger partial charge on any atom is 0.332 e. The lowest BCUT2D eigenvalue weighted by molar-refractivity contribution is -0.125. The minimum Gasteiger partial charge on any atom is -0.317 e. The first kappa shape index (κ1) is 16.6. The van der Waals surface area contributed by atoms with Crippen LogP contribution in [0.3, 0.4) is 0 Å². The highest BCUT2D eigenvalue weighted by Gasteiger charge is 2.56. The molecule has 3 rings (SSSR count). The Morgan fingerprint density at radius 1 is 1.17 bits per heavy atom. The summed E-state index contributed by atoms with van der Waals surface area (Å²) in [4.78, 5) is 29.0. The molecule has 0 aliphatic carbocycles. The van der Waals surface area contributed by atoms with Crippen molar-refractivity contribution in [1.29, 1.82) is 0 Å². The molecule has 5 nitrogen and oxygen atoms in total. The number of imide groups is 1. The number of anilines is 1. The molecule has 1 spiro atoms. The van der Waals surface area contributed by atoms with Gasteiger partial charge in [-0.05, 0) is 57.5 Å². The Balaban J connectivity index is 2.03. The molecule has 0 aromatic heterocycles. The first-order chi connectivity index (χ1) is 11.0. The van der Waals surface area contributed by atoms with E-state index in [0.29, 0.717) is 35.1 Å². The van der Waals surface area contributed by atoms with Gasteiger partial charge in [0, 0.05) is 6.54 Å². The third-order valence-corrected chi connectivity index (χ3v) is 5.42. The molecule has 2 aliphatic heterocycles. The third kappa shape index (κ3) is 2.61. The maximum atomic E-state index is 13.2. The smallest absolute Gasteiger partial charge is 0.317 e. The van der Waals surface area contributed by atoms with Crippen molar-refractivity contribution in [3.63, 3.8) is 0 Å². The molecule has 2 heterocycles. The number of rotatable bonds is 2. The van der Waals surface area contributed by atoms with Gasteiger partial charge in [-0.3, -0.25) is 4.79 Å². The van der Waals surface area contributed by atoms with Crippen molar-refractivity contribution in [3.8, 4) is 0 Å². The van der Waals surface area contributed by atoms with Crippen LogP contribution in [0.5, 0.6) is 0 Å². The van der Waals surface area contributed by atoms with E-state index in [1.165, 1.54) is 4.90 Å². The van der Waals surface area contributed by atoms with Crippen molar-refractivity contribution in [2.75, 3.05) is 24.5 Å². The molecule has 0 bridgehead atoms. The van der Waals surface area contributed by atoms with E-state index >= 15 is 0 Å². The molecule has 23 heavy (non-hydrogen) atoms. The molecule has 0 saturated carbocycles. The van der Waals surface area contributed by atoms with Crippen LogP contribution in [0.2, 0.25) is 10.0 Å². The number of amides is 3. The van der Waals surface area contributed by atoms with Crippen LogP contribution >= 0.6 is 23.2 Å². The fourth-order valence-corrected chi connectivity index (χ4v) is 3.83. The number of carbonyl (C=O) groups excluding carboxylic acids is 2. The lowest BCUT2D eigenvalue weighted by atomic mass is 9.88. The number of hydrogen-bond acceptors (Lipinski definition) is 3. The Morgan fingerprint density at radius 2 is 1.96 bits per heavy atom. The lowest BCUT2D eigenvalue weighted by Gasteiger charge is -2.33. The van der Waals surface area contributed by atoms with Crippen molar-refractivity contribution in [3.05, 3.63) is 28.2 Å². The zero-order valence-electron chi connectivity index (χ0n) is 12.9. The van der Waals surface area contributed by atoms with E-state index < -0.39 is 5.54 Å². The van der Waals surface area contributed by atoms with Gasteiger partial charge in [-0.1, -0.05) is 23.2 Å². The molecular weight excluding hydrogens is 337 g/mol. The molecule has 0 unspecified atom stereocenters. The second-order valence-corrected chi connectivity index (χ2v) is 6.72. The van der Waals surface area contributed by atoms with Crippen LogP contribution in [-0.2, 0) is 4.79 Å². The average Bonchev–Trinajstić information content (AvgIpc) is 2.70. The predicted octanol–water partition coefficient (Wildman–Crippen LogP) is 3.29. The number of halogens is 2. The number of carbonyl (C=O) groups is 2. The molecular formula is C16H19Cl2N3O2. The van der Waals surface area contributed by atoms with Crippen molar-refractivity contribution in [1.82, 2.24) is 10.2 Å². The fourth-order valence-electron chi connectivity index (χ4n) is 3.54. The summed E-state index contributed by atoms with van der Waals surface area (Å²) in [5.74, 6) is -0.161. The Morgan fingerprint density at radius 3 is 2.65 bits per heavy atom. The van der Waals surface area contributed by atoms with Crippen LogP contribution in [0.15, 0.2) is 18.2 Å². The molecule has 2 fully saturated rings. The number of nitrogens with one attached hydrogen (secondary N) is 1. The van der Waals surface area contributed by atoms with Gasteiger partial charge in [-0.2, -0.15) is 0 Å². The zero-order valence-corrected chi connectivity index (χ0v) is 14.5. The topological polar surface area (TPSA) is 52.7 Å². The zero-order chi connectivity index (χ0) is 16.6. The van der Waals surface area contributed by atoms with Gasteiger partial charge >= 0.3 is 6.03 Å². The summed E-state index contributed by atoms with van der Waals surface area (Å²) in [5, 5.41) is 4.03. The van der Waals surface area contributed by atoms with Crippen LogP contribution in [-0.4, -0.2) is 42.0 Å². The summed E-state index contributed by atoms with van der Waals surface area (Å²) >= 11 is 12.0. The van der Waals surface area contributed by atoms with Crippen molar-refractivity contribution >= 4 is 40.8 Å². The van der Waals surface area contributed by atoms with Crippen LogP contribution in [0.1, 0.15) is 26.2 Å². The van der Waals surface area contributed by atoms with E-state index in [-0.39, 0.29) is 11.9 Å². The van der Waals surface area contributed by atoms with E-state index in [4.69, 9.17) is 23.2 Å². The van der Waals surface area contributed by atoms with Crippen LogP contribution in [0.4, 0.5) is 10.5 Å². The number of urea groups is 1. The molecule has 2 aliphatic rings. The minimum absolute atomic E-state index is 0.161. The molecule has 7 heteroatoms. The third-order valence-electron chi connectivity index (χ3n) is 4.68. The quantitative estimate of drug-likeness (QED) is 0.828. The number of benzene rings is 1. The van der Waals surface area contributed by atoms with Crippen molar-refractivity contribution in [2.45, 2.75) is 31.7 Å². The Hall–Kier alpha value is -1.30. The first-order valence-corrected chi connectivity index (χ1v) is 8.59. The van der Waals surface area contributed by atoms with E-state index in [1.54, 1.807) is 23.1 Å². The lowest BCUT2D eigenvalue weighted by Crippen LogP contribution is -2.50. The summed E-state index contributed by atoms with van der Waals surface area (Å²) in [5.41, 5.74) is -0.275. The van der Waals surface area contributed by atoms with E-state index in [0.717, 1.165) is 19.5 Å². The maximum absolute atomic E-state index is 13.2. The van der Waals surface area contributed by atoms with E-state index in [9.17, 15) is 9.59 Å². The summed E-state index contributed by atoms with van der Waals surface area (Å²) in [6.45, 7) is 4.00. The van der Waals surface area contributed by atoms with Gasteiger partial charge in [0.15, 0.2) is 0 Å². The standard InChI is InChI=1S/C16H19Cl2N3O2/c1-2-20-15(23)21(11-4-5-12(17)13(18)10-11)14(22)16(20)6-3-8-19-9-7-16/h4-5,10,19H,2-3,6-9H2,1H3/t16-/m1/s1. The second-order valence-electron chi connectivity index (χ2n) is 5.90. The second kappa shape index (κ2) is 6.30. The molecule has 3 amide bonds. The highest BCUT2D eigenvalue weighted by Crippen LogP contribution is 2.39. The normalized spacial score (nSPS) is 25.3. The van der Waals surface area contributed by atoms with Crippen LogP contribution in [0, 0.1) is 0 Å². The van der Waals surface area contributed by atoms with Gasteiger partial charge in [0.2, 0.25) is 0 Å². The van der Waals surface area contributed by atoms with Gasteiger partial charge in [0.25, 0.3) is 5.91 Å². The van der Waals surface area contributed by atoms with Crippen molar-refractivity contribution < 1.29 is 9.59 Å². The molecule has 1 aromatic carbocycles. The summed E-state index contributed by atoms with van der Waals surface area (Å²) in [7, 11) is 0. The van der Waals surface area contributed by atoms with E-state index in [2.05, 4.69) is 5.32 Å². The summed E-state index contributed by atoms with van der Waals surface area (Å²) in [6.07, 6.45) is 2.17. The highest BCUT2D eigenvalue weighted by atomic mass is 35.5. The van der Waals surface area contributed by atoms with Gasteiger partial charge in [0.05, 0.1) is 15.7 Å². The summed E-state index contributed by atoms with van der Waals surface area (Å²) in [6, 6.07) is 4.56. The monoisotopic (exact) mass is 355 g/mol. The SMILES string of the molecule is CCN1C(=O)N(c2ccc(Cl)c(Cl)c2)C(=O)[C@]12CCCNCC2. The van der Waals surface area contributed by atoms with Crippen LogP contribution in [0.25, 0.3) is 0 Å². The Bertz CT molecular complexity index is 642. The number of likely N-dealkylation sites (N-methyl/N-ethyl adjacent to an activating group) is 1. The van der Waals surface area contributed by atoms with Crippen LogP contribution < -0.4 is 10.2 Å².